The molecule has 2 heterocycles. The molecule has 0 saturated carbocycles. The Morgan fingerprint density at radius 2 is 2.00 bits per heavy atom. The summed E-state index contributed by atoms with van der Waals surface area (Å²) in [7, 11) is -1.70. The molecule has 2 atom stereocenters. The fraction of sp³-hybridized carbons (Fsp3) is 0.579. The van der Waals surface area contributed by atoms with Gasteiger partial charge in [-0.25, -0.2) is 8.42 Å². The molecule has 2 N–H and O–H groups in total. The first-order chi connectivity index (χ1) is 13.8. The first-order valence-electron chi connectivity index (χ1n) is 9.24. The molecule has 1 aromatic carbocycles. The second-order valence-corrected chi connectivity index (χ2v) is 9.28. The van der Waals surface area contributed by atoms with Crippen LogP contribution >= 0.6 is 0 Å². The summed E-state index contributed by atoms with van der Waals surface area (Å²) in [6.45, 7) is 1.18. The quantitative estimate of drug-likeness (QED) is 0.617. The first kappa shape index (κ1) is 23.3. The van der Waals surface area contributed by atoms with Gasteiger partial charge < -0.3 is 19.9 Å². The molecule has 0 radical (unpaired) electrons. The second kappa shape index (κ2) is 10.1. The molecule has 0 spiro atoms. The topological polar surface area (TPSA) is 122 Å². The van der Waals surface area contributed by atoms with Crippen LogP contribution in [0, 0.1) is 5.41 Å². The minimum Gasteiger partial charge on any atom is -0.483 e. The van der Waals surface area contributed by atoms with Crippen molar-refractivity contribution in [3.05, 3.63) is 35.9 Å². The zero-order valence-electron chi connectivity index (χ0n) is 16.6. The minimum atomic E-state index is -3.30. The molecule has 3 rings (SSSR count). The fourth-order valence-electron chi connectivity index (χ4n) is 3.62. The van der Waals surface area contributed by atoms with Gasteiger partial charge in [-0.05, 0) is 18.4 Å². The molecule has 2 aliphatic rings. The molecule has 0 bridgehead atoms. The number of nitrogens with one attached hydrogen (secondary N) is 1. The Morgan fingerprint density at radius 1 is 1.38 bits per heavy atom. The molecule has 2 saturated heterocycles. The van der Waals surface area contributed by atoms with Gasteiger partial charge in [0.1, 0.15) is 6.10 Å². The average molecular weight is 429 g/mol. The van der Waals surface area contributed by atoms with E-state index in [-0.39, 0.29) is 37.6 Å². The normalized spacial score (nSPS) is 23.8. The number of ether oxygens (including phenoxy) is 2. The van der Waals surface area contributed by atoms with Crippen LogP contribution in [-0.2, 0) is 35.5 Å². The zero-order chi connectivity index (χ0) is 21.5. The molecule has 1 amide bonds. The summed E-state index contributed by atoms with van der Waals surface area (Å²) in [5, 5.41) is 9.98. The van der Waals surface area contributed by atoms with E-state index in [9.17, 15) is 13.2 Å². The van der Waals surface area contributed by atoms with Crippen molar-refractivity contribution < 1.29 is 32.6 Å². The predicted octanol–water partition coefficient (Wildman–Crippen LogP) is 0.112. The average Bonchev–Trinajstić information content (AvgIpc) is 2.65. The lowest BCUT2D eigenvalue weighted by Gasteiger charge is -2.48. The lowest BCUT2D eigenvalue weighted by Crippen LogP contribution is -2.67. The molecule has 29 heavy (non-hydrogen) atoms. The monoisotopic (exact) mass is 428 g/mol. The number of methoxy groups -OCH3 is 1. The van der Waals surface area contributed by atoms with Gasteiger partial charge in [0.15, 0.2) is 0 Å². The minimum absolute atomic E-state index is 0.116. The van der Waals surface area contributed by atoms with Gasteiger partial charge >= 0.3 is 0 Å². The van der Waals surface area contributed by atoms with Crippen molar-refractivity contribution in [3.8, 4) is 0 Å². The second-order valence-electron chi connectivity index (χ2n) is 7.30. The van der Waals surface area contributed by atoms with Gasteiger partial charge in [0.2, 0.25) is 15.9 Å². The summed E-state index contributed by atoms with van der Waals surface area (Å²) in [5.74, 6) is -0.116. The number of carbonyl (C=O) groups is 2. The number of nitrogens with zero attached hydrogens (tertiary/aromatic N) is 1. The third-order valence-electron chi connectivity index (χ3n) is 5.22. The molecule has 10 heteroatoms. The van der Waals surface area contributed by atoms with E-state index in [4.69, 9.17) is 19.4 Å². The standard InChI is InChI=1S/C18H26N2O5S.CH2O2/c1-24-16-11-25-9-8-15(16)19-17(21)18(10-14-6-4-3-5-7-14)12-20(13-18)26(2,22)23;2-1-3/h3-7,15-16H,8-13H2,1-2H3,(H,19,21);1H,(H,2,3)/t15-,16-;/m0./s1. The van der Waals surface area contributed by atoms with Crippen LogP contribution in [0.1, 0.15) is 12.0 Å². The number of sulfonamides is 1. The molecule has 0 unspecified atom stereocenters. The van der Waals surface area contributed by atoms with E-state index in [2.05, 4.69) is 5.32 Å². The van der Waals surface area contributed by atoms with Crippen LogP contribution in [0.4, 0.5) is 0 Å². The van der Waals surface area contributed by atoms with Crippen molar-refractivity contribution in [1.29, 1.82) is 0 Å². The third-order valence-corrected chi connectivity index (χ3v) is 6.41. The number of amides is 1. The Kier molecular flexibility index (Phi) is 8.14. The largest absolute Gasteiger partial charge is 0.483 e. The third kappa shape index (κ3) is 5.99. The van der Waals surface area contributed by atoms with Crippen LogP contribution in [-0.4, -0.2) is 82.0 Å². The maximum absolute atomic E-state index is 13.1. The molecular weight excluding hydrogens is 400 g/mol. The van der Waals surface area contributed by atoms with E-state index < -0.39 is 15.4 Å². The summed E-state index contributed by atoms with van der Waals surface area (Å²) >= 11 is 0. The van der Waals surface area contributed by atoms with Crippen molar-refractivity contribution in [3.63, 3.8) is 0 Å². The summed E-state index contributed by atoms with van der Waals surface area (Å²) in [5.41, 5.74) is 0.271. The summed E-state index contributed by atoms with van der Waals surface area (Å²) < 4.78 is 35.8. The Bertz CT molecular complexity index is 779. The van der Waals surface area contributed by atoms with E-state index in [0.717, 1.165) is 5.56 Å². The van der Waals surface area contributed by atoms with Crippen LogP contribution in [0.15, 0.2) is 30.3 Å². The van der Waals surface area contributed by atoms with Crippen LogP contribution in [0.25, 0.3) is 0 Å². The lowest BCUT2D eigenvalue weighted by molar-refractivity contribution is -0.141. The van der Waals surface area contributed by atoms with Gasteiger partial charge in [-0.3, -0.25) is 9.59 Å². The Balaban J connectivity index is 0.000000941. The van der Waals surface area contributed by atoms with Gasteiger partial charge in [0.25, 0.3) is 6.47 Å². The molecule has 0 aromatic heterocycles. The van der Waals surface area contributed by atoms with E-state index in [1.54, 1.807) is 7.11 Å². The zero-order valence-corrected chi connectivity index (χ0v) is 17.4. The van der Waals surface area contributed by atoms with Crippen molar-refractivity contribution >= 4 is 22.4 Å². The first-order valence-corrected chi connectivity index (χ1v) is 11.1. The molecule has 9 nitrogen and oxygen atoms in total. The highest BCUT2D eigenvalue weighted by Crippen LogP contribution is 2.36. The summed E-state index contributed by atoms with van der Waals surface area (Å²) in [4.78, 5) is 21.5. The number of benzene rings is 1. The maximum atomic E-state index is 13.1. The highest BCUT2D eigenvalue weighted by molar-refractivity contribution is 7.88. The van der Waals surface area contributed by atoms with E-state index in [0.29, 0.717) is 26.1 Å². The molecular formula is C19H28N2O7S. The SMILES string of the molecule is CO[C@H]1COCC[C@@H]1NC(=O)C1(Cc2ccccc2)CN(S(C)(=O)=O)C1.O=CO. The van der Waals surface area contributed by atoms with Crippen molar-refractivity contribution in [2.75, 3.05) is 39.7 Å². The van der Waals surface area contributed by atoms with Crippen LogP contribution in [0.5, 0.6) is 0 Å². The number of rotatable bonds is 6. The van der Waals surface area contributed by atoms with Crippen LogP contribution in [0.3, 0.4) is 0 Å². The molecule has 162 valence electrons. The van der Waals surface area contributed by atoms with Crippen LogP contribution < -0.4 is 5.32 Å². The van der Waals surface area contributed by atoms with E-state index in [1.807, 2.05) is 30.3 Å². The molecule has 0 aliphatic carbocycles. The van der Waals surface area contributed by atoms with Gasteiger partial charge in [-0.2, -0.15) is 4.31 Å². The van der Waals surface area contributed by atoms with Crippen molar-refractivity contribution in [1.82, 2.24) is 9.62 Å². The Hall–Kier alpha value is -2.01. The highest BCUT2D eigenvalue weighted by Gasteiger charge is 2.52. The van der Waals surface area contributed by atoms with Gasteiger partial charge in [0, 0.05) is 26.8 Å². The van der Waals surface area contributed by atoms with Gasteiger partial charge in [-0.1, -0.05) is 30.3 Å². The van der Waals surface area contributed by atoms with Gasteiger partial charge in [0.05, 0.1) is 24.3 Å². The summed E-state index contributed by atoms with van der Waals surface area (Å²) in [6, 6.07) is 9.57. The van der Waals surface area contributed by atoms with Crippen LogP contribution in [0.2, 0.25) is 0 Å². The van der Waals surface area contributed by atoms with E-state index >= 15 is 0 Å². The molecule has 2 fully saturated rings. The highest BCUT2D eigenvalue weighted by atomic mass is 32.2. The van der Waals surface area contributed by atoms with Crippen molar-refractivity contribution in [2.24, 2.45) is 5.41 Å². The van der Waals surface area contributed by atoms with Gasteiger partial charge in [-0.15, -0.1) is 0 Å². The fourth-order valence-corrected chi connectivity index (χ4v) is 4.58. The Labute approximate surface area is 171 Å². The number of hydrogen-bond acceptors (Lipinski definition) is 6. The number of carbonyl (C=O) groups excluding carboxylic acids is 1. The van der Waals surface area contributed by atoms with E-state index in [1.165, 1.54) is 10.6 Å². The van der Waals surface area contributed by atoms with Crippen molar-refractivity contribution in [2.45, 2.75) is 25.0 Å². The maximum Gasteiger partial charge on any atom is 0.290 e. The smallest absolute Gasteiger partial charge is 0.290 e. The lowest BCUT2D eigenvalue weighted by atomic mass is 9.75. The summed E-state index contributed by atoms with van der Waals surface area (Å²) in [6.07, 6.45) is 2.18. The molecule has 1 aromatic rings. The number of carboxylic acid groups (broad SMARTS) is 1. The molecule has 2 aliphatic heterocycles. The predicted molar refractivity (Wildman–Crippen MR) is 106 cm³/mol. The number of hydrogen-bond donors (Lipinski definition) is 2. The Morgan fingerprint density at radius 3 is 2.55 bits per heavy atom.